The van der Waals surface area contributed by atoms with Crippen molar-refractivity contribution in [2.45, 2.75) is 32.4 Å². The molecule has 6 heteroatoms. The standard InChI is InChI=1S/C11H19N3O2S/c1-10-12-4-6-14(10)7-5-13-11-3-2-8-17(15,16)9-11/h4,6,11,13H,2-3,5,7-9H2,1H3. The molecule has 1 unspecified atom stereocenters. The highest BCUT2D eigenvalue weighted by Crippen LogP contribution is 2.11. The molecule has 0 saturated carbocycles. The van der Waals surface area contributed by atoms with Crippen molar-refractivity contribution in [3.63, 3.8) is 0 Å². The van der Waals surface area contributed by atoms with Gasteiger partial charge in [0.05, 0.1) is 11.5 Å². The van der Waals surface area contributed by atoms with Gasteiger partial charge in [-0.2, -0.15) is 0 Å². The van der Waals surface area contributed by atoms with Crippen LogP contribution in [0.3, 0.4) is 0 Å². The second-order valence-electron chi connectivity index (χ2n) is 4.58. The molecule has 2 rings (SSSR count). The number of rotatable bonds is 4. The first kappa shape index (κ1) is 12.6. The smallest absolute Gasteiger partial charge is 0.151 e. The number of nitrogens with one attached hydrogen (secondary N) is 1. The Morgan fingerprint density at radius 1 is 1.59 bits per heavy atom. The van der Waals surface area contributed by atoms with Crippen molar-refractivity contribution in [2.75, 3.05) is 18.1 Å². The molecule has 0 spiro atoms. The molecule has 1 N–H and O–H groups in total. The lowest BCUT2D eigenvalue weighted by Gasteiger charge is -2.23. The largest absolute Gasteiger partial charge is 0.334 e. The third kappa shape index (κ3) is 3.54. The average Bonchev–Trinajstić information content (AvgIpc) is 2.63. The minimum atomic E-state index is -2.81. The van der Waals surface area contributed by atoms with Gasteiger partial charge < -0.3 is 9.88 Å². The molecule has 1 saturated heterocycles. The molecule has 1 aromatic rings. The van der Waals surface area contributed by atoms with Crippen molar-refractivity contribution >= 4 is 9.84 Å². The highest BCUT2D eigenvalue weighted by molar-refractivity contribution is 7.91. The predicted molar refractivity (Wildman–Crippen MR) is 66.6 cm³/mol. The summed E-state index contributed by atoms with van der Waals surface area (Å²) < 4.78 is 25.0. The van der Waals surface area contributed by atoms with E-state index in [0.29, 0.717) is 5.75 Å². The highest BCUT2D eigenvalue weighted by Gasteiger charge is 2.23. The molecule has 0 bridgehead atoms. The van der Waals surface area contributed by atoms with E-state index in [1.165, 1.54) is 0 Å². The Labute approximate surface area is 102 Å². The van der Waals surface area contributed by atoms with E-state index in [-0.39, 0.29) is 11.8 Å². The summed E-state index contributed by atoms with van der Waals surface area (Å²) in [6.07, 6.45) is 5.46. The van der Waals surface area contributed by atoms with Crippen molar-refractivity contribution in [2.24, 2.45) is 0 Å². The molecule has 1 aliphatic rings. The van der Waals surface area contributed by atoms with Crippen LogP contribution >= 0.6 is 0 Å². The molecule has 0 amide bonds. The van der Waals surface area contributed by atoms with Gasteiger partial charge in [0.1, 0.15) is 5.82 Å². The number of imidazole rings is 1. The Bertz CT molecular complexity index is 467. The minimum absolute atomic E-state index is 0.123. The normalized spacial score (nSPS) is 23.7. The van der Waals surface area contributed by atoms with Crippen LogP contribution in [0.4, 0.5) is 0 Å². The van der Waals surface area contributed by atoms with Crippen LogP contribution in [0, 0.1) is 6.92 Å². The summed E-state index contributed by atoms with van der Waals surface area (Å²) in [5, 5.41) is 3.31. The fourth-order valence-electron chi connectivity index (χ4n) is 2.21. The van der Waals surface area contributed by atoms with Gasteiger partial charge >= 0.3 is 0 Å². The highest BCUT2D eigenvalue weighted by atomic mass is 32.2. The molecule has 96 valence electrons. The van der Waals surface area contributed by atoms with Crippen LogP contribution in [0.15, 0.2) is 12.4 Å². The Balaban J connectivity index is 1.77. The van der Waals surface area contributed by atoms with Gasteiger partial charge in [-0.3, -0.25) is 0 Å². The van der Waals surface area contributed by atoms with Crippen LogP contribution in [-0.2, 0) is 16.4 Å². The van der Waals surface area contributed by atoms with E-state index in [4.69, 9.17) is 0 Å². The lowest BCUT2D eigenvalue weighted by molar-refractivity contribution is 0.464. The maximum Gasteiger partial charge on any atom is 0.151 e. The third-order valence-electron chi connectivity index (χ3n) is 3.17. The Hall–Kier alpha value is -0.880. The monoisotopic (exact) mass is 257 g/mol. The summed E-state index contributed by atoms with van der Waals surface area (Å²) in [5.41, 5.74) is 0. The molecule has 2 heterocycles. The first-order valence-electron chi connectivity index (χ1n) is 5.98. The van der Waals surface area contributed by atoms with E-state index in [2.05, 4.69) is 14.9 Å². The number of nitrogens with zero attached hydrogens (tertiary/aromatic N) is 2. The van der Waals surface area contributed by atoms with Crippen molar-refractivity contribution in [1.82, 2.24) is 14.9 Å². The zero-order valence-electron chi connectivity index (χ0n) is 10.1. The molecule has 1 atom stereocenters. The maximum atomic E-state index is 11.5. The molecule has 1 aromatic heterocycles. The predicted octanol–water partition coefficient (Wildman–Crippen LogP) is 0.358. The zero-order valence-corrected chi connectivity index (χ0v) is 10.9. The van der Waals surface area contributed by atoms with E-state index in [0.717, 1.165) is 31.8 Å². The molecular formula is C11H19N3O2S. The molecule has 0 radical (unpaired) electrons. The van der Waals surface area contributed by atoms with Crippen molar-refractivity contribution < 1.29 is 8.42 Å². The summed E-state index contributed by atoms with van der Waals surface area (Å²) >= 11 is 0. The third-order valence-corrected chi connectivity index (χ3v) is 4.99. The van der Waals surface area contributed by atoms with E-state index in [1.54, 1.807) is 6.20 Å². The van der Waals surface area contributed by atoms with E-state index < -0.39 is 9.84 Å². The Morgan fingerprint density at radius 3 is 3.06 bits per heavy atom. The molecule has 0 aliphatic carbocycles. The molecule has 1 aliphatic heterocycles. The number of sulfone groups is 1. The van der Waals surface area contributed by atoms with Gasteiger partial charge in [0.2, 0.25) is 0 Å². The summed E-state index contributed by atoms with van der Waals surface area (Å²) in [6, 6.07) is 0.123. The fourth-order valence-corrected chi connectivity index (χ4v) is 3.88. The van der Waals surface area contributed by atoms with E-state index >= 15 is 0 Å². The lowest BCUT2D eigenvalue weighted by atomic mass is 10.2. The van der Waals surface area contributed by atoms with Crippen molar-refractivity contribution in [1.29, 1.82) is 0 Å². The molecule has 17 heavy (non-hydrogen) atoms. The van der Waals surface area contributed by atoms with Crippen LogP contribution in [0.1, 0.15) is 18.7 Å². The molecule has 0 aromatic carbocycles. The van der Waals surface area contributed by atoms with Gasteiger partial charge in [-0.15, -0.1) is 0 Å². The molecular weight excluding hydrogens is 238 g/mol. The van der Waals surface area contributed by atoms with Crippen LogP contribution in [0.25, 0.3) is 0 Å². The van der Waals surface area contributed by atoms with Crippen molar-refractivity contribution in [3.8, 4) is 0 Å². The van der Waals surface area contributed by atoms with E-state index in [1.807, 2.05) is 13.1 Å². The first-order valence-corrected chi connectivity index (χ1v) is 7.80. The summed E-state index contributed by atoms with van der Waals surface area (Å²) in [7, 11) is -2.81. The second-order valence-corrected chi connectivity index (χ2v) is 6.80. The number of hydrogen-bond acceptors (Lipinski definition) is 4. The summed E-state index contributed by atoms with van der Waals surface area (Å²) in [4.78, 5) is 4.14. The molecule has 5 nitrogen and oxygen atoms in total. The average molecular weight is 257 g/mol. The Morgan fingerprint density at radius 2 is 2.41 bits per heavy atom. The van der Waals surface area contributed by atoms with E-state index in [9.17, 15) is 8.42 Å². The van der Waals surface area contributed by atoms with Gasteiger partial charge in [-0.1, -0.05) is 0 Å². The van der Waals surface area contributed by atoms with Crippen LogP contribution in [-0.4, -0.2) is 42.1 Å². The number of aryl methyl sites for hydroxylation is 1. The topological polar surface area (TPSA) is 64.0 Å². The Kier molecular flexibility index (Phi) is 3.83. The summed E-state index contributed by atoms with van der Waals surface area (Å²) in [5.74, 6) is 1.63. The summed E-state index contributed by atoms with van der Waals surface area (Å²) in [6.45, 7) is 3.59. The van der Waals surface area contributed by atoms with Crippen LogP contribution in [0.5, 0.6) is 0 Å². The minimum Gasteiger partial charge on any atom is -0.334 e. The van der Waals surface area contributed by atoms with Crippen molar-refractivity contribution in [3.05, 3.63) is 18.2 Å². The fraction of sp³-hybridized carbons (Fsp3) is 0.727. The van der Waals surface area contributed by atoms with Crippen LogP contribution in [0.2, 0.25) is 0 Å². The number of hydrogen-bond donors (Lipinski definition) is 1. The van der Waals surface area contributed by atoms with Crippen LogP contribution < -0.4 is 5.32 Å². The first-order chi connectivity index (χ1) is 8.07. The zero-order chi connectivity index (χ0) is 12.3. The van der Waals surface area contributed by atoms with Gasteiger partial charge in [-0.05, 0) is 19.8 Å². The SMILES string of the molecule is Cc1nccn1CCNC1CCCS(=O)(=O)C1. The van der Waals surface area contributed by atoms with Gasteiger partial charge in [0.25, 0.3) is 0 Å². The second kappa shape index (κ2) is 5.18. The van der Waals surface area contributed by atoms with Gasteiger partial charge in [0.15, 0.2) is 9.84 Å². The quantitative estimate of drug-likeness (QED) is 0.846. The van der Waals surface area contributed by atoms with Gasteiger partial charge in [-0.25, -0.2) is 13.4 Å². The number of aromatic nitrogens is 2. The molecule has 1 fully saturated rings. The van der Waals surface area contributed by atoms with Gasteiger partial charge in [0, 0.05) is 31.5 Å². The lowest BCUT2D eigenvalue weighted by Crippen LogP contribution is -2.41. The maximum absolute atomic E-state index is 11.5.